The number of fused-ring (bicyclic) bond motifs is 1. The van der Waals surface area contributed by atoms with Gasteiger partial charge in [0.05, 0.1) is 46.2 Å². The molecule has 2 N–H and O–H groups in total. The van der Waals surface area contributed by atoms with E-state index in [0.717, 1.165) is 27.9 Å². The summed E-state index contributed by atoms with van der Waals surface area (Å²) in [6, 6.07) is 10.3. The summed E-state index contributed by atoms with van der Waals surface area (Å²) in [5, 5.41) is 30.4. The second-order valence-electron chi connectivity index (χ2n) is 6.36. The minimum Gasteiger partial charge on any atom is -0.473 e. The summed E-state index contributed by atoms with van der Waals surface area (Å²) in [6.07, 6.45) is 0.00246. The van der Waals surface area contributed by atoms with E-state index in [1.165, 1.54) is 0 Å². The van der Waals surface area contributed by atoms with Crippen LogP contribution in [0.25, 0.3) is 10.9 Å². The van der Waals surface area contributed by atoms with Gasteiger partial charge in [0.2, 0.25) is 5.88 Å². The van der Waals surface area contributed by atoms with Gasteiger partial charge in [0, 0.05) is 11.4 Å². The van der Waals surface area contributed by atoms with Crippen LogP contribution < -0.4 is 10.1 Å². The Morgan fingerprint density at radius 3 is 2.32 bits per heavy atom. The first-order valence-electron chi connectivity index (χ1n) is 8.09. The topological polar surface area (TPSA) is 97.5 Å². The zero-order valence-electron chi connectivity index (χ0n) is 14.6. The fourth-order valence-corrected chi connectivity index (χ4v) is 3.12. The molecule has 0 radical (unpaired) electrons. The molecule has 126 valence electrons. The van der Waals surface area contributed by atoms with Crippen molar-refractivity contribution in [2.75, 3.05) is 0 Å². The number of aromatic amines is 1. The minimum absolute atomic E-state index is 0.00246. The number of H-pyrrole nitrogens is 1. The molecular formula is C19H19N5O. The van der Waals surface area contributed by atoms with Crippen molar-refractivity contribution in [2.45, 2.75) is 39.7 Å². The molecule has 0 bridgehead atoms. The molecule has 0 atom stereocenters. The standard InChI is InChI=1S/C19H19N5O/c1-10(2)25-19-14-7-13(5-6-17(14)23-24-19)18-15(8-20)11(3)22-12(4)16(18)9-21/h5-7,10,18,22H,1-4H3,(H,23,24). The molecule has 1 aromatic heterocycles. The molecule has 0 saturated carbocycles. The Hall–Kier alpha value is -3.25. The molecule has 6 heteroatoms. The van der Waals surface area contributed by atoms with Crippen molar-refractivity contribution in [3.8, 4) is 18.0 Å². The zero-order chi connectivity index (χ0) is 18.1. The lowest BCUT2D eigenvalue weighted by atomic mass is 9.81. The number of nitriles is 2. The van der Waals surface area contributed by atoms with E-state index in [9.17, 15) is 10.5 Å². The number of ether oxygens (including phenoxy) is 1. The van der Waals surface area contributed by atoms with Gasteiger partial charge in [0.25, 0.3) is 0 Å². The average molecular weight is 333 g/mol. The zero-order valence-corrected chi connectivity index (χ0v) is 14.6. The van der Waals surface area contributed by atoms with Gasteiger partial charge in [0.15, 0.2) is 0 Å². The van der Waals surface area contributed by atoms with Crippen molar-refractivity contribution in [1.29, 1.82) is 10.5 Å². The second kappa shape index (κ2) is 6.33. The average Bonchev–Trinajstić information content (AvgIpc) is 2.96. The molecule has 2 aromatic rings. The summed E-state index contributed by atoms with van der Waals surface area (Å²) >= 11 is 0. The van der Waals surface area contributed by atoms with E-state index < -0.39 is 0 Å². The molecule has 0 fully saturated rings. The normalized spacial score (nSPS) is 15.3. The highest BCUT2D eigenvalue weighted by Gasteiger charge is 2.29. The van der Waals surface area contributed by atoms with Crippen LogP contribution in [0.15, 0.2) is 40.7 Å². The van der Waals surface area contributed by atoms with Crippen molar-refractivity contribution in [2.24, 2.45) is 0 Å². The maximum atomic E-state index is 9.62. The maximum Gasteiger partial charge on any atom is 0.240 e. The highest BCUT2D eigenvalue weighted by Crippen LogP contribution is 2.39. The molecule has 0 amide bonds. The van der Waals surface area contributed by atoms with E-state index in [1.54, 1.807) is 0 Å². The first kappa shape index (κ1) is 16.6. The second-order valence-corrected chi connectivity index (χ2v) is 6.36. The summed E-state index contributed by atoms with van der Waals surface area (Å²) < 4.78 is 5.75. The predicted molar refractivity (Wildman–Crippen MR) is 94.4 cm³/mol. The van der Waals surface area contributed by atoms with Gasteiger partial charge in [-0.25, -0.2) is 0 Å². The van der Waals surface area contributed by atoms with Gasteiger partial charge in [0.1, 0.15) is 0 Å². The van der Waals surface area contributed by atoms with Crippen LogP contribution in [0.2, 0.25) is 0 Å². The van der Waals surface area contributed by atoms with Crippen LogP contribution >= 0.6 is 0 Å². The van der Waals surface area contributed by atoms with Gasteiger partial charge < -0.3 is 10.1 Å². The quantitative estimate of drug-likeness (QED) is 0.894. The van der Waals surface area contributed by atoms with E-state index in [0.29, 0.717) is 17.0 Å². The Kier molecular flexibility index (Phi) is 4.21. The molecule has 2 heterocycles. The Bertz CT molecular complexity index is 945. The first-order chi connectivity index (χ1) is 12.0. The number of nitrogens with zero attached hydrogens (tertiary/aromatic N) is 3. The van der Waals surface area contributed by atoms with Crippen molar-refractivity contribution >= 4 is 10.9 Å². The lowest BCUT2D eigenvalue weighted by Gasteiger charge is -2.26. The molecule has 0 saturated heterocycles. The predicted octanol–water partition coefficient (Wildman–Crippen LogP) is 3.63. The first-order valence-corrected chi connectivity index (χ1v) is 8.09. The van der Waals surface area contributed by atoms with E-state index in [4.69, 9.17) is 4.74 Å². The highest BCUT2D eigenvalue weighted by molar-refractivity contribution is 5.85. The van der Waals surface area contributed by atoms with Gasteiger partial charge in [-0.3, -0.25) is 5.10 Å². The van der Waals surface area contributed by atoms with Gasteiger partial charge in [-0.1, -0.05) is 6.07 Å². The molecule has 6 nitrogen and oxygen atoms in total. The lowest BCUT2D eigenvalue weighted by molar-refractivity contribution is 0.235. The smallest absolute Gasteiger partial charge is 0.240 e. The van der Waals surface area contributed by atoms with Gasteiger partial charge in [-0.15, -0.1) is 5.10 Å². The summed E-state index contributed by atoms with van der Waals surface area (Å²) in [6.45, 7) is 7.59. The van der Waals surface area contributed by atoms with Crippen LogP contribution in [0, 0.1) is 22.7 Å². The highest BCUT2D eigenvalue weighted by atomic mass is 16.5. The molecule has 25 heavy (non-hydrogen) atoms. The molecule has 3 rings (SSSR count). The Morgan fingerprint density at radius 2 is 1.76 bits per heavy atom. The third kappa shape index (κ3) is 2.83. The lowest BCUT2D eigenvalue weighted by Crippen LogP contribution is -2.23. The molecule has 1 aliphatic heterocycles. The van der Waals surface area contributed by atoms with Crippen molar-refractivity contribution in [3.05, 3.63) is 46.3 Å². The number of allylic oxidation sites excluding steroid dienone is 4. The van der Waals surface area contributed by atoms with Crippen molar-refractivity contribution in [1.82, 2.24) is 15.5 Å². The van der Waals surface area contributed by atoms with Gasteiger partial charge in [-0.2, -0.15) is 10.5 Å². The monoisotopic (exact) mass is 333 g/mol. The largest absolute Gasteiger partial charge is 0.473 e. The Morgan fingerprint density at radius 1 is 1.12 bits per heavy atom. The Labute approximate surface area is 146 Å². The van der Waals surface area contributed by atoms with E-state index in [1.807, 2.05) is 45.9 Å². The van der Waals surface area contributed by atoms with Crippen molar-refractivity contribution in [3.63, 3.8) is 0 Å². The van der Waals surface area contributed by atoms with Crippen LogP contribution in [0.1, 0.15) is 39.2 Å². The molecular weight excluding hydrogens is 314 g/mol. The number of benzene rings is 1. The van der Waals surface area contributed by atoms with Crippen LogP contribution in [-0.2, 0) is 0 Å². The number of dihydropyridines is 1. The van der Waals surface area contributed by atoms with Crippen LogP contribution in [-0.4, -0.2) is 16.3 Å². The summed E-state index contributed by atoms with van der Waals surface area (Å²) in [7, 11) is 0. The van der Waals surface area contributed by atoms with Crippen LogP contribution in [0.3, 0.4) is 0 Å². The van der Waals surface area contributed by atoms with Gasteiger partial charge >= 0.3 is 0 Å². The molecule has 1 aliphatic rings. The number of hydrogen-bond donors (Lipinski definition) is 2. The fourth-order valence-electron chi connectivity index (χ4n) is 3.12. The minimum atomic E-state index is -0.387. The third-order valence-electron chi connectivity index (χ3n) is 4.23. The van der Waals surface area contributed by atoms with E-state index >= 15 is 0 Å². The van der Waals surface area contributed by atoms with Crippen LogP contribution in [0.5, 0.6) is 5.88 Å². The SMILES string of the molecule is CC1=C(C#N)C(c2ccc3[nH]nc(OC(C)C)c3c2)C(C#N)=C(C)N1. The fraction of sp³-hybridized carbons (Fsp3) is 0.316. The van der Waals surface area contributed by atoms with Crippen molar-refractivity contribution < 1.29 is 4.74 Å². The maximum absolute atomic E-state index is 9.62. The molecule has 0 unspecified atom stereocenters. The summed E-state index contributed by atoms with van der Waals surface area (Å²) in [4.78, 5) is 0. The van der Waals surface area contributed by atoms with E-state index in [2.05, 4.69) is 27.7 Å². The summed E-state index contributed by atoms with van der Waals surface area (Å²) in [5.74, 6) is 0.140. The Balaban J connectivity index is 2.18. The number of nitrogens with one attached hydrogen (secondary N) is 2. The molecule has 1 aromatic carbocycles. The van der Waals surface area contributed by atoms with Crippen LogP contribution in [0.4, 0.5) is 0 Å². The number of aromatic nitrogens is 2. The third-order valence-corrected chi connectivity index (χ3v) is 4.23. The van der Waals surface area contributed by atoms with Gasteiger partial charge in [-0.05, 0) is 45.4 Å². The number of hydrogen-bond acceptors (Lipinski definition) is 5. The summed E-state index contributed by atoms with van der Waals surface area (Å²) in [5.41, 5.74) is 4.38. The molecule has 0 aliphatic carbocycles. The van der Waals surface area contributed by atoms with E-state index in [-0.39, 0.29) is 12.0 Å². The number of rotatable bonds is 3. The molecule has 0 spiro atoms.